The van der Waals surface area contributed by atoms with E-state index < -0.39 is 0 Å². The Bertz CT molecular complexity index is 909. The Labute approximate surface area is 145 Å². The summed E-state index contributed by atoms with van der Waals surface area (Å²) in [6.45, 7) is 2.22. The van der Waals surface area contributed by atoms with Crippen LogP contribution in [0.5, 0.6) is 0 Å². The van der Waals surface area contributed by atoms with E-state index in [0.29, 0.717) is 6.04 Å². The number of aromatic nitrogens is 2. The second-order valence-electron chi connectivity index (χ2n) is 6.01. The molecule has 0 saturated carbocycles. The SMILES string of the molecule is CCCCC1C=CC(c2ccc3scc(-c4ccncc4)c3n2)=N1. The molecule has 0 spiro atoms. The van der Waals surface area contributed by atoms with E-state index in [1.54, 1.807) is 11.3 Å². The molecule has 3 nitrogen and oxygen atoms in total. The van der Waals surface area contributed by atoms with Crippen molar-refractivity contribution in [3.8, 4) is 11.1 Å². The van der Waals surface area contributed by atoms with E-state index in [0.717, 1.165) is 28.9 Å². The second kappa shape index (κ2) is 6.65. The van der Waals surface area contributed by atoms with Crippen LogP contribution in [0.3, 0.4) is 0 Å². The fourth-order valence-electron chi connectivity index (χ4n) is 2.98. The van der Waals surface area contributed by atoms with Crippen LogP contribution in [-0.2, 0) is 0 Å². The van der Waals surface area contributed by atoms with E-state index in [4.69, 9.17) is 9.98 Å². The van der Waals surface area contributed by atoms with Gasteiger partial charge >= 0.3 is 0 Å². The van der Waals surface area contributed by atoms with Crippen molar-refractivity contribution >= 4 is 27.3 Å². The Kier molecular flexibility index (Phi) is 4.22. The highest BCUT2D eigenvalue weighted by molar-refractivity contribution is 7.17. The lowest BCUT2D eigenvalue weighted by Crippen LogP contribution is -2.01. The normalized spacial score (nSPS) is 16.7. The van der Waals surface area contributed by atoms with Crippen molar-refractivity contribution in [1.82, 2.24) is 9.97 Å². The van der Waals surface area contributed by atoms with E-state index in [2.05, 4.69) is 41.6 Å². The standard InChI is InChI=1S/C20H19N3S/c1-2-3-4-15-5-6-17(22-15)18-7-8-19-20(23-18)16(13-24-19)14-9-11-21-12-10-14/h5-13,15H,2-4H2,1H3. The summed E-state index contributed by atoms with van der Waals surface area (Å²) in [7, 11) is 0. The smallest absolute Gasteiger partial charge is 0.0896 e. The summed E-state index contributed by atoms with van der Waals surface area (Å²) in [5.41, 5.74) is 5.35. The van der Waals surface area contributed by atoms with Gasteiger partial charge in [0.25, 0.3) is 0 Å². The first kappa shape index (κ1) is 15.2. The average Bonchev–Trinajstić information content (AvgIpc) is 3.27. The summed E-state index contributed by atoms with van der Waals surface area (Å²) in [5.74, 6) is 0. The van der Waals surface area contributed by atoms with Crippen LogP contribution in [0.4, 0.5) is 0 Å². The van der Waals surface area contributed by atoms with Gasteiger partial charge in [0.05, 0.1) is 27.7 Å². The minimum Gasteiger partial charge on any atom is -0.276 e. The number of pyridine rings is 2. The minimum absolute atomic E-state index is 0.319. The molecule has 4 heterocycles. The van der Waals surface area contributed by atoms with Crippen LogP contribution in [0, 0.1) is 0 Å². The Hall–Kier alpha value is -2.33. The molecule has 0 aromatic carbocycles. The first-order valence-corrected chi connectivity index (χ1v) is 9.28. The number of unbranched alkanes of at least 4 members (excludes halogenated alkanes) is 1. The summed E-state index contributed by atoms with van der Waals surface area (Å²) in [6, 6.07) is 8.62. The lowest BCUT2D eigenvalue weighted by atomic mass is 10.1. The molecule has 0 bridgehead atoms. The molecular weight excluding hydrogens is 314 g/mol. The maximum Gasteiger partial charge on any atom is 0.0896 e. The number of nitrogens with zero attached hydrogens (tertiary/aromatic N) is 3. The van der Waals surface area contributed by atoms with E-state index in [9.17, 15) is 0 Å². The Morgan fingerprint density at radius 1 is 1.12 bits per heavy atom. The number of aliphatic imine (C=N–C) groups is 1. The molecule has 1 unspecified atom stereocenters. The summed E-state index contributed by atoms with van der Waals surface area (Å²) < 4.78 is 1.20. The molecule has 1 atom stereocenters. The van der Waals surface area contributed by atoms with Crippen molar-refractivity contribution in [3.63, 3.8) is 0 Å². The van der Waals surface area contributed by atoms with Crippen molar-refractivity contribution in [3.05, 3.63) is 59.9 Å². The lowest BCUT2D eigenvalue weighted by Gasteiger charge is -2.04. The molecule has 0 N–H and O–H groups in total. The molecule has 0 fully saturated rings. The predicted molar refractivity (Wildman–Crippen MR) is 102 cm³/mol. The minimum atomic E-state index is 0.319. The van der Waals surface area contributed by atoms with Crippen molar-refractivity contribution in [2.75, 3.05) is 0 Å². The molecule has 0 amide bonds. The van der Waals surface area contributed by atoms with Gasteiger partial charge in [0, 0.05) is 23.3 Å². The van der Waals surface area contributed by atoms with E-state index in [1.165, 1.54) is 23.1 Å². The van der Waals surface area contributed by atoms with Gasteiger partial charge in [0.15, 0.2) is 0 Å². The van der Waals surface area contributed by atoms with Gasteiger partial charge in [-0.15, -0.1) is 11.3 Å². The fourth-order valence-corrected chi connectivity index (χ4v) is 3.89. The molecule has 3 aromatic heterocycles. The van der Waals surface area contributed by atoms with Crippen LogP contribution in [0.2, 0.25) is 0 Å². The van der Waals surface area contributed by atoms with Crippen LogP contribution in [0.1, 0.15) is 31.9 Å². The topological polar surface area (TPSA) is 38.1 Å². The van der Waals surface area contributed by atoms with Gasteiger partial charge in [-0.1, -0.05) is 25.8 Å². The Morgan fingerprint density at radius 2 is 2.00 bits per heavy atom. The second-order valence-corrected chi connectivity index (χ2v) is 6.92. The van der Waals surface area contributed by atoms with Gasteiger partial charge in [0.1, 0.15) is 0 Å². The first-order chi connectivity index (χ1) is 11.8. The third-order valence-electron chi connectivity index (χ3n) is 4.31. The van der Waals surface area contributed by atoms with Crippen molar-refractivity contribution in [2.24, 2.45) is 4.99 Å². The van der Waals surface area contributed by atoms with Crippen LogP contribution < -0.4 is 0 Å². The number of hydrogen-bond donors (Lipinski definition) is 0. The average molecular weight is 333 g/mol. The van der Waals surface area contributed by atoms with Gasteiger partial charge in [-0.25, -0.2) is 4.98 Å². The molecule has 1 aliphatic rings. The van der Waals surface area contributed by atoms with Gasteiger partial charge < -0.3 is 0 Å². The molecule has 4 heteroatoms. The fraction of sp³-hybridized carbons (Fsp3) is 0.250. The molecule has 0 radical (unpaired) electrons. The lowest BCUT2D eigenvalue weighted by molar-refractivity contribution is 0.662. The van der Waals surface area contributed by atoms with Crippen molar-refractivity contribution in [2.45, 2.75) is 32.2 Å². The summed E-state index contributed by atoms with van der Waals surface area (Å²) >= 11 is 1.73. The van der Waals surface area contributed by atoms with E-state index in [1.807, 2.05) is 24.5 Å². The molecule has 120 valence electrons. The molecule has 3 aromatic rings. The number of thiophene rings is 1. The van der Waals surface area contributed by atoms with Crippen molar-refractivity contribution in [1.29, 1.82) is 0 Å². The third-order valence-corrected chi connectivity index (χ3v) is 5.24. The highest BCUT2D eigenvalue weighted by Gasteiger charge is 2.15. The zero-order valence-corrected chi connectivity index (χ0v) is 14.5. The molecule has 4 rings (SSSR count). The quantitative estimate of drug-likeness (QED) is 0.637. The molecule has 0 aliphatic carbocycles. The predicted octanol–water partition coefficient (Wildman–Crippen LogP) is 5.28. The number of allylic oxidation sites excluding steroid dienone is 1. The van der Waals surface area contributed by atoms with E-state index in [-0.39, 0.29) is 0 Å². The zero-order valence-electron chi connectivity index (χ0n) is 13.6. The maximum absolute atomic E-state index is 4.92. The number of fused-ring (bicyclic) bond motifs is 1. The first-order valence-electron chi connectivity index (χ1n) is 8.40. The van der Waals surface area contributed by atoms with Crippen LogP contribution >= 0.6 is 11.3 Å². The summed E-state index contributed by atoms with van der Waals surface area (Å²) in [6.07, 6.45) is 11.5. The van der Waals surface area contributed by atoms with Crippen molar-refractivity contribution < 1.29 is 0 Å². The number of hydrogen-bond acceptors (Lipinski definition) is 4. The molecular formula is C20H19N3S. The Morgan fingerprint density at radius 3 is 2.83 bits per heavy atom. The monoisotopic (exact) mass is 333 g/mol. The van der Waals surface area contributed by atoms with Crippen LogP contribution in [-0.4, -0.2) is 21.7 Å². The largest absolute Gasteiger partial charge is 0.276 e. The zero-order chi connectivity index (χ0) is 16.4. The third kappa shape index (κ3) is 2.89. The van der Waals surface area contributed by atoms with Gasteiger partial charge in [-0.3, -0.25) is 9.98 Å². The maximum atomic E-state index is 4.92. The summed E-state index contributed by atoms with van der Waals surface area (Å²) in [4.78, 5) is 13.8. The van der Waals surface area contributed by atoms with Gasteiger partial charge in [0.2, 0.25) is 0 Å². The number of rotatable bonds is 5. The Balaban J connectivity index is 1.70. The summed E-state index contributed by atoms with van der Waals surface area (Å²) in [5, 5.41) is 2.17. The van der Waals surface area contributed by atoms with Crippen LogP contribution in [0.25, 0.3) is 21.3 Å². The van der Waals surface area contributed by atoms with Gasteiger partial charge in [-0.05, 0) is 42.3 Å². The highest BCUT2D eigenvalue weighted by atomic mass is 32.1. The highest BCUT2D eigenvalue weighted by Crippen LogP contribution is 2.32. The van der Waals surface area contributed by atoms with Crippen LogP contribution in [0.15, 0.2) is 59.2 Å². The van der Waals surface area contributed by atoms with Gasteiger partial charge in [-0.2, -0.15) is 0 Å². The van der Waals surface area contributed by atoms with E-state index >= 15 is 0 Å². The molecule has 0 saturated heterocycles. The molecule has 24 heavy (non-hydrogen) atoms. The molecule has 1 aliphatic heterocycles.